The maximum absolute atomic E-state index is 5.15. The van der Waals surface area contributed by atoms with Gasteiger partial charge in [0.25, 0.3) is 0 Å². The van der Waals surface area contributed by atoms with Crippen molar-refractivity contribution in [3.63, 3.8) is 0 Å². The van der Waals surface area contributed by atoms with E-state index < -0.39 is 18.0 Å². The van der Waals surface area contributed by atoms with Crippen LogP contribution < -0.4 is 0 Å². The van der Waals surface area contributed by atoms with Crippen LogP contribution in [-0.4, -0.2) is 6.88 Å². The summed E-state index contributed by atoms with van der Waals surface area (Å²) in [5.41, 5.74) is 11.8. The van der Waals surface area contributed by atoms with E-state index in [4.69, 9.17) is 17.0 Å². The van der Waals surface area contributed by atoms with Crippen LogP contribution in [0.15, 0.2) is 140 Å². The first kappa shape index (κ1) is 34.7. The van der Waals surface area contributed by atoms with Crippen LogP contribution in [0.1, 0.15) is 27.8 Å². The number of hydrogen-bond donors (Lipinski definition) is 0. The summed E-state index contributed by atoms with van der Waals surface area (Å²) in [7, 11) is 10.3. The molecule has 0 saturated heterocycles. The van der Waals surface area contributed by atoms with Gasteiger partial charge in [-0.2, -0.15) is 36.8 Å². The number of fused-ring (bicyclic) bond motifs is 2. The summed E-state index contributed by atoms with van der Waals surface area (Å²) in [4.78, 5) is 0. The zero-order valence-electron chi connectivity index (χ0n) is 26.2. The second kappa shape index (κ2) is 17.0. The van der Waals surface area contributed by atoms with Gasteiger partial charge in [-0.3, -0.25) is 0 Å². The number of hydrogen-bond acceptors (Lipinski definition) is 0. The molecular formula is C41H37Cl2SiZr-3. The molecule has 7 aromatic carbocycles. The van der Waals surface area contributed by atoms with Crippen molar-refractivity contribution >= 4 is 45.4 Å². The number of aryl methyl sites for hydroxylation is 4. The first-order valence-electron chi connectivity index (χ1n) is 14.8. The Kier molecular flexibility index (Phi) is 13.1. The molecule has 0 saturated carbocycles. The molecule has 0 heterocycles. The molecule has 226 valence electrons. The van der Waals surface area contributed by atoms with Crippen LogP contribution in [0, 0.1) is 34.6 Å². The molecule has 7 aromatic rings. The fourth-order valence-corrected chi connectivity index (χ4v) is 5.54. The Morgan fingerprint density at radius 2 is 0.867 bits per heavy atom. The Bertz CT molecular complexity index is 1850. The van der Waals surface area contributed by atoms with Gasteiger partial charge in [-0.05, 0) is 25.0 Å². The molecule has 0 aliphatic heterocycles. The maximum atomic E-state index is 5.15. The molecule has 4 heteroatoms. The average Bonchev–Trinajstić information content (AvgIpc) is 3.59. The van der Waals surface area contributed by atoms with Gasteiger partial charge in [0, 0.05) is 0 Å². The van der Waals surface area contributed by atoms with Crippen molar-refractivity contribution in [2.45, 2.75) is 27.7 Å². The monoisotopic (exact) mass is 717 g/mol. The molecule has 0 atom stereocenters. The van der Waals surface area contributed by atoms with Gasteiger partial charge >= 0.3 is 41.9 Å². The third kappa shape index (κ3) is 9.93. The summed E-state index contributed by atoms with van der Waals surface area (Å²) in [5, 5.41) is 5.42. The summed E-state index contributed by atoms with van der Waals surface area (Å²) in [5.74, 6) is 0. The molecule has 0 N–H and O–H groups in total. The molecule has 2 radical (unpaired) electrons. The van der Waals surface area contributed by atoms with E-state index in [1.807, 2.05) is 30.3 Å². The van der Waals surface area contributed by atoms with E-state index in [2.05, 4.69) is 151 Å². The molecule has 0 unspecified atom stereocenters. The minimum atomic E-state index is -1.79. The molecule has 0 aliphatic rings. The van der Waals surface area contributed by atoms with Gasteiger partial charge in [-0.1, -0.05) is 103 Å². The molecule has 0 nitrogen and oxygen atoms in total. The topological polar surface area (TPSA) is 0 Å². The third-order valence-electron chi connectivity index (χ3n) is 7.45. The van der Waals surface area contributed by atoms with Gasteiger partial charge in [-0.25, -0.2) is 0 Å². The summed E-state index contributed by atoms with van der Waals surface area (Å²) in [6, 6.07) is 49.1. The van der Waals surface area contributed by atoms with Gasteiger partial charge in [0.2, 0.25) is 0 Å². The third-order valence-corrected chi connectivity index (χ3v) is 7.45. The van der Waals surface area contributed by atoms with Crippen molar-refractivity contribution in [3.8, 4) is 22.3 Å². The van der Waals surface area contributed by atoms with Crippen molar-refractivity contribution < 1.29 is 18.0 Å². The molecule has 0 fully saturated rings. The Morgan fingerprint density at radius 1 is 0.533 bits per heavy atom. The van der Waals surface area contributed by atoms with Crippen molar-refractivity contribution in [2.75, 3.05) is 0 Å². The second-order valence-corrected chi connectivity index (χ2v) is 24.7. The standard InChI is InChI=1S/2C17H15.C7H7.2ClH.Si.Zr/c2*1-12-10-15-9-8-13(2)17(16(15)11-12)14-6-4-3-5-7-14;1-7-5-3-2-4-6-7;;;;/h2*3-11H,1-2H3;2-6H,1H2;2*1H;;/q3*-1;;;;+2/p-2. The molecule has 0 bridgehead atoms. The van der Waals surface area contributed by atoms with Crippen LogP contribution in [0.2, 0.25) is 0 Å². The number of rotatable bonds is 2. The summed E-state index contributed by atoms with van der Waals surface area (Å²) < 4.78 is 0. The first-order chi connectivity index (χ1) is 21.6. The van der Waals surface area contributed by atoms with E-state index in [0.717, 1.165) is 5.56 Å². The molecule has 7 rings (SSSR count). The van der Waals surface area contributed by atoms with Crippen molar-refractivity contribution in [3.05, 3.63) is 174 Å². The van der Waals surface area contributed by atoms with Crippen LogP contribution in [0.5, 0.6) is 0 Å². The van der Waals surface area contributed by atoms with Gasteiger partial charge in [-0.15, -0.1) is 81.2 Å². The fraction of sp³-hybridized carbons (Fsp3) is 0.0976. The Balaban J connectivity index is 0.000000155. The average molecular weight is 720 g/mol. The van der Waals surface area contributed by atoms with E-state index in [-0.39, 0.29) is 0 Å². The predicted molar refractivity (Wildman–Crippen MR) is 197 cm³/mol. The van der Waals surface area contributed by atoms with Crippen molar-refractivity contribution in [2.24, 2.45) is 0 Å². The van der Waals surface area contributed by atoms with Crippen LogP contribution in [0.3, 0.4) is 0 Å². The molecule has 0 aliphatic carbocycles. The molecule has 0 aromatic heterocycles. The summed E-state index contributed by atoms with van der Waals surface area (Å²) in [6.45, 7) is 15.4. The van der Waals surface area contributed by atoms with E-state index in [1.165, 1.54) is 66.1 Å². The minimum absolute atomic E-state index is 1.07. The van der Waals surface area contributed by atoms with E-state index in [0.29, 0.717) is 0 Å². The van der Waals surface area contributed by atoms with E-state index in [1.54, 1.807) is 0 Å². The van der Waals surface area contributed by atoms with Gasteiger partial charge in [0.05, 0.1) is 0 Å². The Labute approximate surface area is 285 Å². The van der Waals surface area contributed by atoms with E-state index in [9.17, 15) is 0 Å². The normalized spacial score (nSPS) is 10.2. The fourth-order valence-electron chi connectivity index (χ4n) is 5.54. The van der Waals surface area contributed by atoms with Crippen molar-refractivity contribution in [1.82, 2.24) is 0 Å². The van der Waals surface area contributed by atoms with Gasteiger partial charge in [0.1, 0.15) is 0 Å². The second-order valence-electron chi connectivity index (χ2n) is 11.1. The summed E-state index contributed by atoms with van der Waals surface area (Å²) in [6.07, 6.45) is 0. The Morgan fingerprint density at radius 3 is 1.18 bits per heavy atom. The van der Waals surface area contributed by atoms with Gasteiger partial charge in [0.15, 0.2) is 0 Å². The zero-order chi connectivity index (χ0) is 32.3. The summed E-state index contributed by atoms with van der Waals surface area (Å²) >= 11 is -1.79. The molecule has 0 spiro atoms. The molecule has 45 heavy (non-hydrogen) atoms. The molecular weight excluding hydrogens is 683 g/mol. The first-order valence-corrected chi connectivity index (χ1v) is 25.4. The number of halogens is 2. The van der Waals surface area contributed by atoms with Gasteiger partial charge < -0.3 is 0 Å². The zero-order valence-corrected chi connectivity index (χ0v) is 31.2. The quantitative estimate of drug-likeness (QED) is 0.123. The Hall–Kier alpha value is -3.13. The van der Waals surface area contributed by atoms with Crippen LogP contribution in [-0.2, 0) is 18.0 Å². The van der Waals surface area contributed by atoms with Crippen LogP contribution >= 0.6 is 17.0 Å². The molecule has 0 amide bonds. The predicted octanol–water partition coefficient (Wildman–Crippen LogP) is 12.5. The van der Waals surface area contributed by atoms with Crippen molar-refractivity contribution in [1.29, 1.82) is 0 Å². The van der Waals surface area contributed by atoms with Crippen LogP contribution in [0.4, 0.5) is 0 Å². The van der Waals surface area contributed by atoms with E-state index >= 15 is 0 Å². The number of benzene rings is 5. The van der Waals surface area contributed by atoms with Crippen LogP contribution in [0.25, 0.3) is 43.8 Å². The SMILES string of the molecule is Cc1cc2c(-c3ccccc3)c(C)ccc2[cH-]1.Cc1cc2c(-c3ccccc3)c(C)ccc2[cH-]1.[CH2-]c1ccccc1.[Si]=[Zr]([Cl])[Cl].